The molecule has 1 unspecified atom stereocenters. The summed E-state index contributed by atoms with van der Waals surface area (Å²) < 4.78 is 41.0. The molecule has 0 bridgehead atoms. The molecule has 63 heavy (non-hydrogen) atoms. The first-order chi connectivity index (χ1) is 29.8. The van der Waals surface area contributed by atoms with Gasteiger partial charge < -0.3 is 40.5 Å². The van der Waals surface area contributed by atoms with Crippen molar-refractivity contribution in [1.82, 2.24) is 20.2 Å². The summed E-state index contributed by atoms with van der Waals surface area (Å²) in [6.45, 7) is 14.0. The number of anilines is 2. The Labute approximate surface area is 367 Å². The fourth-order valence-electron chi connectivity index (χ4n) is 7.73. The number of methoxy groups -OCH3 is 1. The van der Waals surface area contributed by atoms with Gasteiger partial charge in [0.15, 0.2) is 8.32 Å². The maximum Gasteiger partial charge on any atom is 0.253 e. The van der Waals surface area contributed by atoms with Gasteiger partial charge in [0.2, 0.25) is 15.4 Å². The third-order valence-corrected chi connectivity index (χ3v) is 18.5. The van der Waals surface area contributed by atoms with Gasteiger partial charge in [-0.25, -0.2) is 8.42 Å². The number of phenolic OH excluding ortho intramolecular Hbond substituents is 1. The number of pyridine rings is 2. The Morgan fingerprint density at radius 1 is 0.984 bits per heavy atom. The van der Waals surface area contributed by atoms with E-state index in [0.717, 1.165) is 5.56 Å². The van der Waals surface area contributed by atoms with Gasteiger partial charge in [-0.3, -0.25) is 19.4 Å². The Morgan fingerprint density at radius 2 is 1.71 bits per heavy atom. The van der Waals surface area contributed by atoms with Crippen molar-refractivity contribution in [2.75, 3.05) is 32.1 Å². The number of piperidine rings is 1. The van der Waals surface area contributed by atoms with E-state index >= 15 is 0 Å². The van der Waals surface area contributed by atoms with Crippen molar-refractivity contribution in [3.8, 4) is 11.5 Å². The lowest BCUT2D eigenvalue weighted by molar-refractivity contribution is 0.0698. The Balaban J connectivity index is 1.09. The van der Waals surface area contributed by atoms with Crippen molar-refractivity contribution < 1.29 is 32.3 Å². The van der Waals surface area contributed by atoms with E-state index in [2.05, 4.69) is 54.5 Å². The molecule has 1 aliphatic rings. The zero-order valence-corrected chi connectivity index (χ0v) is 38.4. The van der Waals surface area contributed by atoms with E-state index in [4.69, 9.17) is 14.9 Å². The predicted octanol–water partition coefficient (Wildman–Crippen LogP) is 7.73. The third kappa shape index (κ3) is 9.34. The second-order valence-electron chi connectivity index (χ2n) is 17.6. The molecule has 0 radical (unpaired) electrons. The van der Waals surface area contributed by atoms with Crippen LogP contribution in [0.5, 0.6) is 11.5 Å². The normalized spacial score (nSPS) is 14.5. The average molecular weight is 891 g/mol. The molecule has 1 aliphatic heterocycles. The number of hydrogen-bond donors (Lipinski definition) is 5. The molecule has 1 fully saturated rings. The van der Waals surface area contributed by atoms with E-state index in [0.29, 0.717) is 77.0 Å². The van der Waals surface area contributed by atoms with Crippen molar-refractivity contribution in [2.45, 2.75) is 80.6 Å². The standard InChI is InChI=1S/C47H54N6O8SSi/c1-28-22-34(25-37-42(28)50-26-38(45(48)56)43(37)51-31-11-9-12-32(24-31)60-5)62(58,59)33-13-8-10-29(23-33)46(57)53-20-18-30(19-21-53)49-27-40(61-63(6,7)47(2,3)4)35-14-16-39(54)44-36(35)15-17-41(55)52-44/h8-17,22-26,30,40,49,54H,18-21,27H2,1-7H3,(H2,48,56)(H,50,51)(H,52,55). The van der Waals surface area contributed by atoms with Crippen LogP contribution in [0, 0.1) is 6.92 Å². The van der Waals surface area contributed by atoms with Gasteiger partial charge in [0.05, 0.1) is 45.3 Å². The van der Waals surface area contributed by atoms with Crippen LogP contribution in [0.4, 0.5) is 11.4 Å². The van der Waals surface area contributed by atoms with E-state index in [9.17, 15) is 27.9 Å². The van der Waals surface area contributed by atoms with E-state index in [1.54, 1.807) is 60.4 Å². The van der Waals surface area contributed by atoms with Gasteiger partial charge in [0.1, 0.15) is 11.5 Å². The van der Waals surface area contributed by atoms with Crippen LogP contribution >= 0.6 is 0 Å². The fraction of sp³-hybridized carbons (Fsp3) is 0.319. The quantitative estimate of drug-likeness (QED) is 0.0710. The lowest BCUT2D eigenvalue weighted by atomic mass is 10.0. The number of sulfone groups is 1. The second-order valence-corrected chi connectivity index (χ2v) is 24.3. The summed E-state index contributed by atoms with van der Waals surface area (Å²) in [4.78, 5) is 47.6. The molecule has 4 aromatic carbocycles. The average Bonchev–Trinajstić information content (AvgIpc) is 3.25. The van der Waals surface area contributed by atoms with Gasteiger partial charge in [0.25, 0.3) is 11.8 Å². The van der Waals surface area contributed by atoms with Crippen LogP contribution < -0.4 is 26.7 Å². The Hall–Kier alpha value is -6.07. The number of rotatable bonds is 13. The largest absolute Gasteiger partial charge is 0.506 e. The van der Waals surface area contributed by atoms with Crippen molar-refractivity contribution >= 4 is 63.1 Å². The third-order valence-electron chi connectivity index (χ3n) is 12.3. The molecular weight excluding hydrogens is 837 g/mol. The molecule has 2 aromatic heterocycles. The minimum absolute atomic E-state index is 0.0141. The number of carbonyl (C=O) groups excluding carboxylic acids is 2. The Morgan fingerprint density at radius 3 is 2.41 bits per heavy atom. The van der Waals surface area contributed by atoms with E-state index in [1.165, 1.54) is 43.6 Å². The van der Waals surface area contributed by atoms with Crippen LogP contribution in [0.2, 0.25) is 18.1 Å². The van der Waals surface area contributed by atoms with Crippen LogP contribution in [-0.2, 0) is 14.3 Å². The van der Waals surface area contributed by atoms with Gasteiger partial charge >= 0.3 is 0 Å². The highest BCUT2D eigenvalue weighted by atomic mass is 32.2. The predicted molar refractivity (Wildman–Crippen MR) is 247 cm³/mol. The molecule has 2 amide bonds. The minimum atomic E-state index is -4.17. The Kier molecular flexibility index (Phi) is 12.6. The van der Waals surface area contributed by atoms with Crippen molar-refractivity contribution in [3.05, 3.63) is 124 Å². The first-order valence-corrected chi connectivity index (χ1v) is 25.2. The monoisotopic (exact) mass is 890 g/mol. The number of aryl methyl sites for hydroxylation is 1. The molecule has 6 N–H and O–H groups in total. The second kappa shape index (κ2) is 17.6. The maximum absolute atomic E-state index is 14.4. The van der Waals surface area contributed by atoms with Crippen molar-refractivity contribution in [2.24, 2.45) is 5.73 Å². The number of nitrogens with zero attached hydrogens (tertiary/aromatic N) is 2. The number of carbonyl (C=O) groups is 2. The number of benzene rings is 4. The number of phenols is 1. The van der Waals surface area contributed by atoms with Crippen LogP contribution in [0.15, 0.2) is 106 Å². The number of hydrogen-bond acceptors (Lipinski definition) is 11. The van der Waals surface area contributed by atoms with Gasteiger partial charge in [-0.2, -0.15) is 0 Å². The highest BCUT2D eigenvalue weighted by molar-refractivity contribution is 7.91. The molecule has 0 saturated carbocycles. The molecule has 16 heteroatoms. The molecule has 6 aromatic rings. The van der Waals surface area contributed by atoms with Gasteiger partial charge in [-0.1, -0.05) is 39.0 Å². The van der Waals surface area contributed by atoms with E-state index in [-0.39, 0.29) is 55.3 Å². The first-order valence-electron chi connectivity index (χ1n) is 20.8. The van der Waals surface area contributed by atoms with Gasteiger partial charge in [-0.15, -0.1) is 0 Å². The molecule has 1 atom stereocenters. The Bertz CT molecular complexity index is 2900. The SMILES string of the molecule is COc1cccc(Nc2c(C(N)=O)cnc3c(C)cc(S(=O)(=O)c4cccc(C(=O)N5CCC(NCC(O[Si](C)(C)C(C)(C)C)c6ccc(O)c7[nH]c(=O)ccc67)CC5)c4)cc23)c1. The van der Waals surface area contributed by atoms with Crippen LogP contribution in [0.1, 0.15) is 71.6 Å². The number of aromatic hydroxyl groups is 1. The summed E-state index contributed by atoms with van der Waals surface area (Å²) in [5, 5.41) is 18.5. The van der Waals surface area contributed by atoms with Crippen molar-refractivity contribution in [3.63, 3.8) is 0 Å². The highest BCUT2D eigenvalue weighted by Crippen LogP contribution is 2.41. The molecule has 330 valence electrons. The van der Waals surface area contributed by atoms with Crippen LogP contribution in [0.25, 0.3) is 21.8 Å². The topological polar surface area (TPSA) is 206 Å². The molecule has 7 rings (SSSR count). The van der Waals surface area contributed by atoms with E-state index in [1.807, 2.05) is 6.07 Å². The number of aromatic nitrogens is 2. The number of nitrogens with two attached hydrogens (primary N) is 1. The molecule has 3 heterocycles. The summed E-state index contributed by atoms with van der Waals surface area (Å²) in [6.07, 6.45) is 2.30. The molecule has 0 spiro atoms. The minimum Gasteiger partial charge on any atom is -0.506 e. The summed E-state index contributed by atoms with van der Waals surface area (Å²) in [6, 6.07) is 22.8. The van der Waals surface area contributed by atoms with E-state index < -0.39 is 24.1 Å². The van der Waals surface area contributed by atoms with Crippen molar-refractivity contribution in [1.29, 1.82) is 0 Å². The zero-order chi connectivity index (χ0) is 45.4. The number of nitrogens with one attached hydrogen (secondary N) is 3. The lowest BCUT2D eigenvalue weighted by Gasteiger charge is -2.40. The van der Waals surface area contributed by atoms with Gasteiger partial charge in [0, 0.05) is 66.0 Å². The number of aromatic amines is 1. The van der Waals surface area contributed by atoms with Crippen LogP contribution in [0.3, 0.4) is 0 Å². The number of likely N-dealkylation sites (tertiary alicyclic amines) is 1. The smallest absolute Gasteiger partial charge is 0.253 e. The number of ether oxygens (including phenoxy) is 1. The number of fused-ring (bicyclic) bond motifs is 2. The summed E-state index contributed by atoms with van der Waals surface area (Å²) in [5.74, 6) is -0.454. The number of primary amides is 1. The number of amides is 2. The highest BCUT2D eigenvalue weighted by Gasteiger charge is 2.40. The molecule has 1 saturated heterocycles. The first kappa shape index (κ1) is 45.0. The van der Waals surface area contributed by atoms with Gasteiger partial charge in [-0.05, 0) is 104 Å². The van der Waals surface area contributed by atoms with Crippen LogP contribution in [-0.4, -0.2) is 81.3 Å². The number of H-pyrrole nitrogens is 1. The fourth-order valence-corrected chi connectivity index (χ4v) is 10.4. The molecular formula is C47H54N6O8SSi. The zero-order valence-electron chi connectivity index (χ0n) is 36.5. The summed E-state index contributed by atoms with van der Waals surface area (Å²) in [5.41, 5.74) is 8.93. The summed E-state index contributed by atoms with van der Waals surface area (Å²) >= 11 is 0. The summed E-state index contributed by atoms with van der Waals surface area (Å²) in [7, 11) is -4.93. The molecule has 14 nitrogen and oxygen atoms in total. The lowest BCUT2D eigenvalue weighted by Crippen LogP contribution is -2.47. The molecule has 0 aliphatic carbocycles. The maximum atomic E-state index is 14.4.